The van der Waals surface area contributed by atoms with E-state index in [9.17, 15) is 30.7 Å². The molecule has 2 N–H and O–H groups in total. The van der Waals surface area contributed by atoms with Crippen molar-refractivity contribution < 1.29 is 55.0 Å². The third-order valence-corrected chi connectivity index (χ3v) is 5.40. The topological polar surface area (TPSA) is 94.2 Å². The highest BCUT2D eigenvalue weighted by Gasteiger charge is 2.40. The van der Waals surface area contributed by atoms with E-state index in [0.717, 1.165) is 56.7 Å². The maximum Gasteiger partial charge on any atom is 0.490 e. The van der Waals surface area contributed by atoms with Gasteiger partial charge in [-0.15, -0.1) is 0 Å². The van der Waals surface area contributed by atoms with E-state index in [2.05, 4.69) is 9.80 Å². The number of halogens is 7. The minimum Gasteiger partial charge on any atom is -0.475 e. The van der Waals surface area contributed by atoms with Crippen LogP contribution in [0.4, 0.5) is 30.7 Å². The van der Waals surface area contributed by atoms with Crippen LogP contribution in [-0.4, -0.2) is 70.5 Å². The molecule has 2 aliphatic rings. The molecular weight excluding hydrogens is 505 g/mol. The molecule has 2 unspecified atom stereocenters. The van der Waals surface area contributed by atoms with Gasteiger partial charge in [0.15, 0.2) is 0 Å². The number of aliphatic carboxylic acids is 2. The maximum atomic E-state index is 13.3. The number of furan rings is 1. The largest absolute Gasteiger partial charge is 0.490 e. The molecule has 36 heavy (non-hydrogen) atoms. The van der Waals surface area contributed by atoms with Crippen LogP contribution in [-0.2, 0) is 22.7 Å². The highest BCUT2D eigenvalue weighted by molar-refractivity contribution is 5.73. The Hall–Kier alpha value is -3.13. The molecule has 0 saturated carbocycles. The summed E-state index contributed by atoms with van der Waals surface area (Å²) in [5.41, 5.74) is 2.34. The summed E-state index contributed by atoms with van der Waals surface area (Å²) in [6.07, 6.45) is -6.59. The van der Waals surface area contributed by atoms with Gasteiger partial charge in [0.05, 0.1) is 12.5 Å². The van der Waals surface area contributed by atoms with Gasteiger partial charge in [-0.25, -0.2) is 14.0 Å². The third-order valence-electron chi connectivity index (χ3n) is 5.40. The summed E-state index contributed by atoms with van der Waals surface area (Å²) in [4.78, 5) is 22.8. The first-order valence-electron chi connectivity index (χ1n) is 10.5. The van der Waals surface area contributed by atoms with Gasteiger partial charge in [0.1, 0.15) is 5.82 Å². The van der Waals surface area contributed by atoms with Gasteiger partial charge in [-0.2, -0.15) is 26.3 Å². The first-order valence-corrected chi connectivity index (χ1v) is 10.5. The Morgan fingerprint density at radius 1 is 0.833 bits per heavy atom. The Labute approximate surface area is 200 Å². The van der Waals surface area contributed by atoms with Crippen molar-refractivity contribution in [2.24, 2.45) is 11.8 Å². The Kier molecular flexibility index (Phi) is 9.87. The van der Waals surface area contributed by atoms with E-state index in [0.29, 0.717) is 0 Å². The van der Waals surface area contributed by atoms with Gasteiger partial charge in [0, 0.05) is 44.8 Å². The lowest BCUT2D eigenvalue weighted by Gasteiger charge is -2.21. The Morgan fingerprint density at radius 3 is 1.64 bits per heavy atom. The second kappa shape index (κ2) is 12.2. The van der Waals surface area contributed by atoms with Crippen LogP contribution in [0.3, 0.4) is 0 Å². The summed E-state index contributed by atoms with van der Waals surface area (Å²) in [6.45, 7) is 6.44. The van der Waals surface area contributed by atoms with Crippen molar-refractivity contribution in [1.29, 1.82) is 0 Å². The molecular formula is C22H23F7N2O5. The van der Waals surface area contributed by atoms with E-state index in [1.54, 1.807) is 18.4 Å². The molecule has 4 rings (SSSR count). The second-order valence-electron chi connectivity index (χ2n) is 8.28. The molecule has 1 aromatic heterocycles. The highest BCUT2D eigenvalue weighted by atomic mass is 19.4. The second-order valence-corrected chi connectivity index (χ2v) is 8.28. The number of fused-ring (bicyclic) bond motifs is 1. The molecule has 0 spiro atoms. The summed E-state index contributed by atoms with van der Waals surface area (Å²) in [6, 6.07) is 9.02. The molecule has 2 saturated heterocycles. The SMILES string of the molecule is Fc1cccc(CN2CC3CN(Cc4ccoc4)CC3C2)c1.O=C(O)C(F)(F)F.O=C(O)C(F)(F)F. The fourth-order valence-corrected chi connectivity index (χ4v) is 3.98. The lowest BCUT2D eigenvalue weighted by atomic mass is 10.0. The number of alkyl halides is 6. The zero-order valence-electron chi connectivity index (χ0n) is 18.6. The normalized spacial score (nSPS) is 20.1. The summed E-state index contributed by atoms with van der Waals surface area (Å²) in [7, 11) is 0. The van der Waals surface area contributed by atoms with Gasteiger partial charge < -0.3 is 14.6 Å². The zero-order valence-corrected chi connectivity index (χ0v) is 18.6. The molecule has 0 amide bonds. The number of carboxylic acids is 2. The molecule has 2 aromatic rings. The molecule has 0 bridgehead atoms. The van der Waals surface area contributed by atoms with Crippen LogP contribution in [0.25, 0.3) is 0 Å². The van der Waals surface area contributed by atoms with Crippen molar-refractivity contribution in [2.45, 2.75) is 25.4 Å². The van der Waals surface area contributed by atoms with Gasteiger partial charge in [0.25, 0.3) is 0 Å². The summed E-state index contributed by atoms with van der Waals surface area (Å²) < 4.78 is 81.9. The van der Waals surface area contributed by atoms with Crippen LogP contribution in [0.2, 0.25) is 0 Å². The van der Waals surface area contributed by atoms with Crippen LogP contribution >= 0.6 is 0 Å². The quantitative estimate of drug-likeness (QED) is 0.574. The first kappa shape index (κ1) is 29.1. The number of carboxylic acid groups (broad SMARTS) is 2. The number of likely N-dealkylation sites (tertiary alicyclic amines) is 2. The third kappa shape index (κ3) is 9.49. The number of nitrogens with zero attached hydrogens (tertiary/aromatic N) is 2. The average molecular weight is 528 g/mol. The monoisotopic (exact) mass is 528 g/mol. The maximum absolute atomic E-state index is 13.3. The predicted octanol–water partition coefficient (Wildman–Crippen LogP) is 4.25. The van der Waals surface area contributed by atoms with Gasteiger partial charge in [-0.1, -0.05) is 12.1 Å². The molecule has 0 aliphatic carbocycles. The highest BCUT2D eigenvalue weighted by Crippen LogP contribution is 2.32. The first-order chi connectivity index (χ1) is 16.6. The van der Waals surface area contributed by atoms with E-state index in [1.165, 1.54) is 11.6 Å². The summed E-state index contributed by atoms with van der Waals surface area (Å²) in [5, 5.41) is 14.2. The molecule has 1 aromatic carbocycles. The van der Waals surface area contributed by atoms with Crippen molar-refractivity contribution in [1.82, 2.24) is 9.80 Å². The minimum atomic E-state index is -5.08. The Morgan fingerprint density at radius 2 is 1.28 bits per heavy atom. The summed E-state index contributed by atoms with van der Waals surface area (Å²) in [5.74, 6) is -4.15. The minimum absolute atomic E-state index is 0.136. The zero-order chi connectivity index (χ0) is 27.1. The number of carbonyl (C=O) groups is 2. The number of rotatable bonds is 4. The molecule has 2 atom stereocenters. The molecule has 7 nitrogen and oxygen atoms in total. The van der Waals surface area contributed by atoms with Crippen LogP contribution in [0.5, 0.6) is 0 Å². The lowest BCUT2D eigenvalue weighted by molar-refractivity contribution is -0.193. The average Bonchev–Trinajstić information content (AvgIpc) is 3.45. The Balaban J connectivity index is 0.000000271. The predicted molar refractivity (Wildman–Crippen MR) is 110 cm³/mol. The van der Waals surface area contributed by atoms with Gasteiger partial charge in [0.2, 0.25) is 0 Å². The van der Waals surface area contributed by atoms with E-state index in [4.69, 9.17) is 24.2 Å². The van der Waals surface area contributed by atoms with E-state index >= 15 is 0 Å². The molecule has 3 heterocycles. The molecule has 0 radical (unpaired) electrons. The van der Waals surface area contributed by atoms with Crippen molar-refractivity contribution in [2.75, 3.05) is 26.2 Å². The van der Waals surface area contributed by atoms with E-state index in [1.807, 2.05) is 18.4 Å². The van der Waals surface area contributed by atoms with Crippen LogP contribution in [0.1, 0.15) is 11.1 Å². The van der Waals surface area contributed by atoms with Crippen LogP contribution in [0.15, 0.2) is 47.3 Å². The summed E-state index contributed by atoms with van der Waals surface area (Å²) >= 11 is 0. The van der Waals surface area contributed by atoms with Crippen molar-refractivity contribution in [3.63, 3.8) is 0 Å². The van der Waals surface area contributed by atoms with Gasteiger partial charge in [-0.05, 0) is 35.6 Å². The van der Waals surface area contributed by atoms with Gasteiger partial charge in [-0.3, -0.25) is 9.80 Å². The molecule has 2 fully saturated rings. The fraction of sp³-hybridized carbons (Fsp3) is 0.455. The van der Waals surface area contributed by atoms with Crippen molar-refractivity contribution >= 4 is 11.9 Å². The van der Waals surface area contributed by atoms with Crippen molar-refractivity contribution in [3.05, 3.63) is 59.8 Å². The van der Waals surface area contributed by atoms with E-state index in [-0.39, 0.29) is 5.82 Å². The number of benzene rings is 1. The van der Waals surface area contributed by atoms with Crippen LogP contribution in [0, 0.1) is 17.7 Å². The number of hydrogen-bond acceptors (Lipinski definition) is 5. The fourth-order valence-electron chi connectivity index (χ4n) is 3.98. The smallest absolute Gasteiger partial charge is 0.475 e. The van der Waals surface area contributed by atoms with Crippen LogP contribution < -0.4 is 0 Å². The molecule has 200 valence electrons. The Bertz CT molecular complexity index is 957. The van der Waals surface area contributed by atoms with Gasteiger partial charge >= 0.3 is 24.3 Å². The molecule has 2 aliphatic heterocycles. The van der Waals surface area contributed by atoms with E-state index < -0.39 is 24.3 Å². The van der Waals surface area contributed by atoms with Crippen molar-refractivity contribution in [3.8, 4) is 0 Å². The molecule has 14 heteroatoms. The lowest BCUT2D eigenvalue weighted by Crippen LogP contribution is -2.28. The standard InChI is InChI=1S/C18H21FN2O.2C2HF3O2/c19-18-3-1-2-14(6-18)7-20-9-16-11-21(12-17(16)10-20)8-15-4-5-22-13-15;2*3-2(4,5)1(6)7/h1-6,13,16-17H,7-12H2;2*(H,6,7). The number of hydrogen-bond donors (Lipinski definition) is 2.